The van der Waals surface area contributed by atoms with Crippen molar-refractivity contribution in [2.24, 2.45) is 5.41 Å². The van der Waals surface area contributed by atoms with Crippen LogP contribution in [0, 0.1) is 5.41 Å². The predicted molar refractivity (Wildman–Crippen MR) is 62.2 cm³/mol. The Balaban J connectivity index is 1.84. The summed E-state index contributed by atoms with van der Waals surface area (Å²) in [5, 5.41) is 6.53. The van der Waals surface area contributed by atoms with Gasteiger partial charge < -0.3 is 15.4 Å². The Morgan fingerprint density at radius 2 is 2.19 bits per heavy atom. The van der Waals surface area contributed by atoms with Crippen LogP contribution in [-0.2, 0) is 9.53 Å². The van der Waals surface area contributed by atoms with Crippen LogP contribution in [0.4, 0.5) is 0 Å². The molecule has 92 valence electrons. The molecule has 0 aromatic rings. The van der Waals surface area contributed by atoms with E-state index in [1.807, 2.05) is 6.92 Å². The quantitative estimate of drug-likeness (QED) is 0.724. The number of hydrogen-bond donors (Lipinski definition) is 2. The molecule has 1 amide bonds. The van der Waals surface area contributed by atoms with Crippen LogP contribution in [0.1, 0.15) is 32.6 Å². The minimum absolute atomic E-state index is 0.0321. The zero-order chi connectivity index (χ0) is 11.6. The van der Waals surface area contributed by atoms with Crippen LogP contribution >= 0.6 is 0 Å². The second-order valence-electron chi connectivity index (χ2n) is 5.49. The normalized spacial score (nSPS) is 31.4. The standard InChI is InChI=1S/C12H22N2O2/c1-11(5-6-11)10(15)13-8-12(9-16-2)4-3-7-14-12/h14H,3-9H2,1-2H3,(H,13,15). The first kappa shape index (κ1) is 11.9. The Hall–Kier alpha value is -0.610. The lowest BCUT2D eigenvalue weighted by molar-refractivity contribution is -0.126. The van der Waals surface area contributed by atoms with E-state index in [2.05, 4.69) is 10.6 Å². The molecule has 1 heterocycles. The summed E-state index contributed by atoms with van der Waals surface area (Å²) < 4.78 is 5.25. The van der Waals surface area contributed by atoms with Gasteiger partial charge in [-0.15, -0.1) is 0 Å². The summed E-state index contributed by atoms with van der Waals surface area (Å²) in [5.74, 6) is 0.205. The molecule has 0 aromatic heterocycles. The molecule has 0 spiro atoms. The Labute approximate surface area is 97.1 Å². The van der Waals surface area contributed by atoms with Crippen LogP contribution in [0.3, 0.4) is 0 Å². The Morgan fingerprint density at radius 3 is 2.69 bits per heavy atom. The highest BCUT2D eigenvalue weighted by Gasteiger charge is 2.45. The molecule has 1 unspecified atom stereocenters. The van der Waals surface area contributed by atoms with E-state index < -0.39 is 0 Å². The largest absolute Gasteiger partial charge is 0.383 e. The molecule has 0 aromatic carbocycles. The van der Waals surface area contributed by atoms with Gasteiger partial charge in [0.15, 0.2) is 0 Å². The third-order valence-electron chi connectivity index (χ3n) is 3.89. The molecule has 1 aliphatic heterocycles. The zero-order valence-corrected chi connectivity index (χ0v) is 10.3. The van der Waals surface area contributed by atoms with Crippen LogP contribution in [0.25, 0.3) is 0 Å². The second-order valence-corrected chi connectivity index (χ2v) is 5.49. The molecule has 1 aliphatic carbocycles. The molecule has 0 radical (unpaired) electrons. The minimum atomic E-state index is -0.0765. The predicted octanol–water partition coefficient (Wildman–Crippen LogP) is 0.671. The van der Waals surface area contributed by atoms with E-state index in [1.54, 1.807) is 7.11 Å². The third kappa shape index (κ3) is 2.38. The van der Waals surface area contributed by atoms with Gasteiger partial charge in [0.1, 0.15) is 0 Å². The summed E-state index contributed by atoms with van der Waals surface area (Å²) >= 11 is 0. The fourth-order valence-corrected chi connectivity index (χ4v) is 2.35. The van der Waals surface area contributed by atoms with Gasteiger partial charge in [-0.05, 0) is 32.2 Å². The summed E-state index contributed by atoms with van der Waals surface area (Å²) in [5.41, 5.74) is -0.109. The van der Waals surface area contributed by atoms with Gasteiger partial charge in [0.2, 0.25) is 5.91 Å². The number of hydrogen-bond acceptors (Lipinski definition) is 3. The van der Waals surface area contributed by atoms with E-state index in [0.29, 0.717) is 13.2 Å². The van der Waals surface area contributed by atoms with Gasteiger partial charge in [0, 0.05) is 19.1 Å². The van der Waals surface area contributed by atoms with Crippen molar-refractivity contribution in [2.45, 2.75) is 38.1 Å². The van der Waals surface area contributed by atoms with Crippen LogP contribution in [0.5, 0.6) is 0 Å². The third-order valence-corrected chi connectivity index (χ3v) is 3.89. The Bertz CT molecular complexity index is 268. The molecule has 1 saturated heterocycles. The summed E-state index contributed by atoms with van der Waals surface area (Å²) in [7, 11) is 1.71. The van der Waals surface area contributed by atoms with Crippen molar-refractivity contribution in [3.05, 3.63) is 0 Å². The summed E-state index contributed by atoms with van der Waals surface area (Å²) in [4.78, 5) is 11.9. The fourth-order valence-electron chi connectivity index (χ4n) is 2.35. The van der Waals surface area contributed by atoms with Gasteiger partial charge in [0.25, 0.3) is 0 Å². The molecular weight excluding hydrogens is 204 g/mol. The molecule has 16 heavy (non-hydrogen) atoms. The number of carbonyl (C=O) groups excluding carboxylic acids is 1. The van der Waals surface area contributed by atoms with Crippen molar-refractivity contribution in [1.82, 2.24) is 10.6 Å². The van der Waals surface area contributed by atoms with Gasteiger partial charge in [-0.2, -0.15) is 0 Å². The molecule has 1 atom stereocenters. The van der Waals surface area contributed by atoms with Crippen molar-refractivity contribution in [2.75, 3.05) is 26.8 Å². The van der Waals surface area contributed by atoms with Crippen molar-refractivity contribution in [1.29, 1.82) is 0 Å². The van der Waals surface area contributed by atoms with Gasteiger partial charge in [-0.25, -0.2) is 0 Å². The number of carbonyl (C=O) groups is 1. The van der Waals surface area contributed by atoms with E-state index in [4.69, 9.17) is 4.74 Å². The second kappa shape index (κ2) is 4.34. The fraction of sp³-hybridized carbons (Fsp3) is 0.917. The topological polar surface area (TPSA) is 50.4 Å². The number of methoxy groups -OCH3 is 1. The highest BCUT2D eigenvalue weighted by molar-refractivity contribution is 5.84. The SMILES string of the molecule is COCC1(CNC(=O)C2(C)CC2)CCCN1. The van der Waals surface area contributed by atoms with Crippen LogP contribution in [0.2, 0.25) is 0 Å². The van der Waals surface area contributed by atoms with Gasteiger partial charge in [-0.1, -0.05) is 6.92 Å². The summed E-state index contributed by atoms with van der Waals surface area (Å²) in [6.45, 7) is 4.42. The first-order valence-corrected chi connectivity index (χ1v) is 6.13. The maximum atomic E-state index is 11.9. The van der Waals surface area contributed by atoms with Gasteiger partial charge in [-0.3, -0.25) is 4.79 Å². The molecule has 2 rings (SSSR count). The highest BCUT2D eigenvalue weighted by Crippen LogP contribution is 2.45. The van der Waals surface area contributed by atoms with Gasteiger partial charge >= 0.3 is 0 Å². The summed E-state index contributed by atoms with van der Waals surface area (Å²) in [6, 6.07) is 0. The van der Waals surface area contributed by atoms with Crippen LogP contribution < -0.4 is 10.6 Å². The van der Waals surface area contributed by atoms with Crippen molar-refractivity contribution >= 4 is 5.91 Å². The first-order chi connectivity index (χ1) is 7.60. The molecule has 2 aliphatic rings. The lowest BCUT2D eigenvalue weighted by Gasteiger charge is -2.29. The number of nitrogens with one attached hydrogen (secondary N) is 2. The zero-order valence-electron chi connectivity index (χ0n) is 10.3. The van der Waals surface area contributed by atoms with E-state index >= 15 is 0 Å². The van der Waals surface area contributed by atoms with E-state index in [-0.39, 0.29) is 16.9 Å². The minimum Gasteiger partial charge on any atom is -0.383 e. The molecule has 1 saturated carbocycles. The Morgan fingerprint density at radius 1 is 1.44 bits per heavy atom. The highest BCUT2D eigenvalue weighted by atomic mass is 16.5. The number of rotatable bonds is 5. The summed E-state index contributed by atoms with van der Waals surface area (Å²) in [6.07, 6.45) is 4.31. The molecule has 4 heteroatoms. The molecule has 4 nitrogen and oxygen atoms in total. The first-order valence-electron chi connectivity index (χ1n) is 6.13. The lowest BCUT2D eigenvalue weighted by Crippen LogP contribution is -2.53. The monoisotopic (exact) mass is 226 g/mol. The van der Waals surface area contributed by atoms with Crippen LogP contribution in [0.15, 0.2) is 0 Å². The molecule has 2 N–H and O–H groups in total. The molecule has 2 fully saturated rings. The van der Waals surface area contributed by atoms with E-state index in [9.17, 15) is 4.79 Å². The molecule has 0 bridgehead atoms. The average molecular weight is 226 g/mol. The van der Waals surface area contributed by atoms with Crippen molar-refractivity contribution in [3.63, 3.8) is 0 Å². The number of amides is 1. The Kier molecular flexibility index (Phi) is 3.22. The smallest absolute Gasteiger partial charge is 0.226 e. The van der Waals surface area contributed by atoms with Gasteiger partial charge in [0.05, 0.1) is 12.1 Å². The average Bonchev–Trinajstić information content (AvgIpc) is 2.85. The maximum Gasteiger partial charge on any atom is 0.226 e. The van der Waals surface area contributed by atoms with E-state index in [1.165, 1.54) is 0 Å². The van der Waals surface area contributed by atoms with Crippen molar-refractivity contribution in [3.8, 4) is 0 Å². The number of ether oxygens (including phenoxy) is 1. The van der Waals surface area contributed by atoms with Crippen molar-refractivity contribution < 1.29 is 9.53 Å². The maximum absolute atomic E-state index is 11.9. The van der Waals surface area contributed by atoms with E-state index in [0.717, 1.165) is 32.2 Å². The lowest BCUT2D eigenvalue weighted by atomic mass is 9.98. The van der Waals surface area contributed by atoms with Crippen LogP contribution in [-0.4, -0.2) is 38.3 Å². The molecular formula is C12H22N2O2.